The highest BCUT2D eigenvalue weighted by molar-refractivity contribution is 6.30. The summed E-state index contributed by atoms with van der Waals surface area (Å²) in [5, 5.41) is 0.683. The van der Waals surface area contributed by atoms with Crippen molar-refractivity contribution in [3.8, 4) is 5.75 Å². The maximum absolute atomic E-state index is 12.1. The maximum atomic E-state index is 12.1. The lowest BCUT2D eigenvalue weighted by Gasteiger charge is -2.08. The molecule has 0 radical (unpaired) electrons. The topological polar surface area (TPSA) is 26.3 Å². The molecule has 0 fully saturated rings. The minimum atomic E-state index is 0.124. The standard InChI is InChI=1S/C16H19ClO2/c1-3-11(4-2)7-15(18)10-13-9-14(17)8-12-5-6-19-16(12)13/h7-9H,3-6,10H2,1-2H3. The molecule has 0 N–H and O–H groups in total. The number of fused-ring (bicyclic) bond motifs is 1. The molecule has 2 rings (SSSR count). The minimum Gasteiger partial charge on any atom is -0.493 e. The molecule has 19 heavy (non-hydrogen) atoms. The van der Waals surface area contributed by atoms with Gasteiger partial charge in [0.15, 0.2) is 5.78 Å². The predicted octanol–water partition coefficient (Wildman–Crippen LogP) is 4.13. The van der Waals surface area contributed by atoms with Crippen molar-refractivity contribution in [2.45, 2.75) is 39.5 Å². The molecule has 1 aliphatic heterocycles. The first-order chi connectivity index (χ1) is 9.13. The fraction of sp³-hybridized carbons (Fsp3) is 0.438. The Kier molecular flexibility index (Phi) is 4.65. The molecule has 0 saturated heterocycles. The highest BCUT2D eigenvalue weighted by atomic mass is 35.5. The number of allylic oxidation sites excluding steroid dienone is 2. The summed E-state index contributed by atoms with van der Waals surface area (Å²) in [4.78, 5) is 12.1. The molecule has 0 atom stereocenters. The Labute approximate surface area is 119 Å². The van der Waals surface area contributed by atoms with Crippen LogP contribution >= 0.6 is 11.6 Å². The lowest BCUT2D eigenvalue weighted by molar-refractivity contribution is -0.114. The van der Waals surface area contributed by atoms with Crippen molar-refractivity contribution in [1.82, 2.24) is 0 Å². The minimum absolute atomic E-state index is 0.124. The second kappa shape index (κ2) is 6.25. The van der Waals surface area contributed by atoms with Crippen molar-refractivity contribution in [2.24, 2.45) is 0 Å². The summed E-state index contributed by atoms with van der Waals surface area (Å²) < 4.78 is 5.61. The maximum Gasteiger partial charge on any atom is 0.160 e. The summed E-state index contributed by atoms with van der Waals surface area (Å²) in [6.45, 7) is 4.83. The van der Waals surface area contributed by atoms with E-state index < -0.39 is 0 Å². The zero-order valence-corrected chi connectivity index (χ0v) is 12.2. The lowest BCUT2D eigenvalue weighted by Crippen LogP contribution is -2.02. The molecule has 0 amide bonds. The highest BCUT2D eigenvalue weighted by Gasteiger charge is 2.18. The van der Waals surface area contributed by atoms with E-state index in [-0.39, 0.29) is 5.78 Å². The van der Waals surface area contributed by atoms with Gasteiger partial charge in [-0.3, -0.25) is 4.79 Å². The summed E-state index contributed by atoms with van der Waals surface area (Å²) >= 11 is 6.09. The van der Waals surface area contributed by atoms with E-state index in [4.69, 9.17) is 16.3 Å². The van der Waals surface area contributed by atoms with Crippen molar-refractivity contribution in [3.63, 3.8) is 0 Å². The average molecular weight is 279 g/mol. The van der Waals surface area contributed by atoms with Crippen molar-refractivity contribution < 1.29 is 9.53 Å². The zero-order chi connectivity index (χ0) is 13.8. The first kappa shape index (κ1) is 14.1. The van der Waals surface area contributed by atoms with Crippen LogP contribution in [0.25, 0.3) is 0 Å². The number of hydrogen-bond acceptors (Lipinski definition) is 2. The number of ketones is 1. The molecular weight excluding hydrogens is 260 g/mol. The molecular formula is C16H19ClO2. The third kappa shape index (κ3) is 3.38. The molecule has 102 valence electrons. The molecule has 1 aliphatic rings. The van der Waals surface area contributed by atoms with Crippen LogP contribution in [0.15, 0.2) is 23.8 Å². The van der Waals surface area contributed by atoms with E-state index >= 15 is 0 Å². The van der Waals surface area contributed by atoms with Gasteiger partial charge in [0.05, 0.1) is 6.61 Å². The number of carbonyl (C=O) groups is 1. The monoisotopic (exact) mass is 278 g/mol. The number of carbonyl (C=O) groups excluding carboxylic acids is 1. The van der Waals surface area contributed by atoms with Crippen molar-refractivity contribution >= 4 is 17.4 Å². The third-order valence-corrected chi connectivity index (χ3v) is 3.68. The van der Waals surface area contributed by atoms with E-state index in [1.165, 1.54) is 5.57 Å². The van der Waals surface area contributed by atoms with Crippen LogP contribution in [0.3, 0.4) is 0 Å². The van der Waals surface area contributed by atoms with Gasteiger partial charge in [0, 0.05) is 23.4 Å². The van der Waals surface area contributed by atoms with Crippen molar-refractivity contribution in [1.29, 1.82) is 0 Å². The Balaban J connectivity index is 2.20. The van der Waals surface area contributed by atoms with Gasteiger partial charge in [-0.25, -0.2) is 0 Å². The van der Waals surface area contributed by atoms with E-state index in [1.807, 2.05) is 12.1 Å². The van der Waals surface area contributed by atoms with E-state index in [1.54, 1.807) is 6.08 Å². The summed E-state index contributed by atoms with van der Waals surface area (Å²) in [5.41, 5.74) is 3.21. The van der Waals surface area contributed by atoms with E-state index in [0.29, 0.717) is 18.1 Å². The second-order valence-electron chi connectivity index (χ2n) is 4.80. The highest BCUT2D eigenvalue weighted by Crippen LogP contribution is 2.33. The summed E-state index contributed by atoms with van der Waals surface area (Å²) in [7, 11) is 0. The van der Waals surface area contributed by atoms with E-state index in [2.05, 4.69) is 13.8 Å². The summed E-state index contributed by atoms with van der Waals surface area (Å²) in [6.07, 6.45) is 4.86. The van der Waals surface area contributed by atoms with Crippen LogP contribution in [0.4, 0.5) is 0 Å². The molecule has 1 heterocycles. The summed E-state index contributed by atoms with van der Waals surface area (Å²) in [6, 6.07) is 3.77. The van der Waals surface area contributed by atoms with E-state index in [0.717, 1.165) is 36.1 Å². The number of hydrogen-bond donors (Lipinski definition) is 0. The molecule has 1 aromatic rings. The van der Waals surface area contributed by atoms with Crippen LogP contribution in [-0.2, 0) is 17.6 Å². The Morgan fingerprint density at radius 1 is 1.37 bits per heavy atom. The van der Waals surface area contributed by atoms with Crippen molar-refractivity contribution in [3.05, 3.63) is 39.9 Å². The number of rotatable bonds is 5. The first-order valence-corrected chi connectivity index (χ1v) is 7.18. The second-order valence-corrected chi connectivity index (χ2v) is 5.24. The van der Waals surface area contributed by atoms with Gasteiger partial charge in [-0.1, -0.05) is 31.0 Å². The third-order valence-electron chi connectivity index (χ3n) is 3.46. The molecule has 0 bridgehead atoms. The largest absolute Gasteiger partial charge is 0.493 e. The molecule has 0 aliphatic carbocycles. The fourth-order valence-electron chi connectivity index (χ4n) is 2.40. The quantitative estimate of drug-likeness (QED) is 0.757. The van der Waals surface area contributed by atoms with Crippen LogP contribution in [0, 0.1) is 0 Å². The van der Waals surface area contributed by atoms with Crippen LogP contribution in [0.5, 0.6) is 5.75 Å². The lowest BCUT2D eigenvalue weighted by atomic mass is 10.0. The molecule has 1 aromatic carbocycles. The van der Waals surface area contributed by atoms with Gasteiger partial charge in [-0.2, -0.15) is 0 Å². The summed E-state index contributed by atoms with van der Waals surface area (Å²) in [5.74, 6) is 0.986. The zero-order valence-electron chi connectivity index (χ0n) is 11.5. The van der Waals surface area contributed by atoms with E-state index in [9.17, 15) is 4.79 Å². The Morgan fingerprint density at radius 2 is 2.11 bits per heavy atom. The molecule has 0 aromatic heterocycles. The number of halogens is 1. The Morgan fingerprint density at radius 3 is 2.79 bits per heavy atom. The SMILES string of the molecule is CCC(=CC(=O)Cc1cc(Cl)cc2c1OCC2)CC. The normalized spacial score (nSPS) is 12.8. The molecule has 2 nitrogen and oxygen atoms in total. The van der Waals surface area contributed by atoms with Gasteiger partial charge in [0.2, 0.25) is 0 Å². The van der Waals surface area contributed by atoms with Gasteiger partial charge in [0.25, 0.3) is 0 Å². The Bertz CT molecular complexity index is 512. The van der Waals surface area contributed by atoms with Gasteiger partial charge >= 0.3 is 0 Å². The average Bonchev–Trinajstić information content (AvgIpc) is 2.84. The number of ether oxygens (including phenoxy) is 1. The van der Waals surface area contributed by atoms with Gasteiger partial charge in [-0.15, -0.1) is 0 Å². The van der Waals surface area contributed by atoms with Gasteiger partial charge in [0.1, 0.15) is 5.75 Å². The number of benzene rings is 1. The Hall–Kier alpha value is -1.28. The van der Waals surface area contributed by atoms with Gasteiger partial charge < -0.3 is 4.74 Å². The smallest absolute Gasteiger partial charge is 0.160 e. The van der Waals surface area contributed by atoms with Crippen LogP contribution in [0.1, 0.15) is 37.8 Å². The fourth-order valence-corrected chi connectivity index (χ4v) is 2.66. The van der Waals surface area contributed by atoms with Crippen LogP contribution in [-0.4, -0.2) is 12.4 Å². The molecule has 0 unspecified atom stereocenters. The first-order valence-electron chi connectivity index (χ1n) is 6.80. The molecule has 3 heteroatoms. The predicted molar refractivity (Wildman–Crippen MR) is 78.0 cm³/mol. The molecule has 0 saturated carbocycles. The van der Waals surface area contributed by atoms with Crippen molar-refractivity contribution in [2.75, 3.05) is 6.61 Å². The van der Waals surface area contributed by atoms with Crippen LogP contribution < -0.4 is 4.74 Å². The van der Waals surface area contributed by atoms with Gasteiger partial charge in [-0.05, 0) is 36.6 Å². The molecule has 0 spiro atoms. The van der Waals surface area contributed by atoms with Crippen LogP contribution in [0.2, 0.25) is 5.02 Å².